The fraction of sp³-hybridized carbons (Fsp3) is 0.571. The van der Waals surface area contributed by atoms with E-state index in [1.807, 2.05) is 12.1 Å². The highest BCUT2D eigenvalue weighted by Crippen LogP contribution is 2.33. The summed E-state index contributed by atoms with van der Waals surface area (Å²) in [5.74, 6) is 1.02. The monoisotopic (exact) mass is 312 g/mol. The number of nitrogens with zero attached hydrogens (tertiary/aromatic N) is 1. The van der Waals surface area contributed by atoms with E-state index in [0.717, 1.165) is 42.9 Å². The van der Waals surface area contributed by atoms with Crippen molar-refractivity contribution in [2.45, 2.75) is 19.4 Å². The predicted octanol–water partition coefficient (Wildman–Crippen LogP) is 2.81. The molecule has 0 bridgehead atoms. The largest absolute Gasteiger partial charge is 0.493 e. The van der Waals surface area contributed by atoms with Crippen molar-refractivity contribution in [3.63, 3.8) is 0 Å². The van der Waals surface area contributed by atoms with Gasteiger partial charge in [-0.15, -0.1) is 0 Å². The van der Waals surface area contributed by atoms with Crippen molar-refractivity contribution in [1.82, 2.24) is 10.2 Å². The molecule has 1 aromatic carbocycles. The van der Waals surface area contributed by atoms with E-state index in [4.69, 9.17) is 4.74 Å². The van der Waals surface area contributed by atoms with E-state index in [-0.39, 0.29) is 0 Å². The average molecular weight is 313 g/mol. The third kappa shape index (κ3) is 3.46. The molecule has 1 aliphatic rings. The highest BCUT2D eigenvalue weighted by atomic mass is 79.9. The highest BCUT2D eigenvalue weighted by molar-refractivity contribution is 9.10. The third-order valence-electron chi connectivity index (χ3n) is 3.44. The first kappa shape index (κ1) is 13.8. The molecule has 1 heterocycles. The van der Waals surface area contributed by atoms with Gasteiger partial charge in [-0.2, -0.15) is 0 Å². The number of hydrogen-bond donors (Lipinski definition) is 1. The zero-order valence-electron chi connectivity index (χ0n) is 11.1. The maximum absolute atomic E-state index is 5.69. The standard InChI is InChI=1S/C14H21BrN2O/c1-3-17(2)8-7-16-13-6-9-18-14-5-4-11(15)10-12(13)14/h4-5,10,13,16H,3,6-9H2,1-2H3. The molecule has 1 atom stereocenters. The normalized spacial score (nSPS) is 18.6. The van der Waals surface area contributed by atoms with Crippen LogP contribution in [-0.4, -0.2) is 38.2 Å². The van der Waals surface area contributed by atoms with Gasteiger partial charge >= 0.3 is 0 Å². The van der Waals surface area contributed by atoms with Crippen LogP contribution in [0.5, 0.6) is 5.75 Å². The predicted molar refractivity (Wildman–Crippen MR) is 78.2 cm³/mol. The number of fused-ring (bicyclic) bond motifs is 1. The van der Waals surface area contributed by atoms with Crippen molar-refractivity contribution in [3.05, 3.63) is 28.2 Å². The molecule has 1 aromatic rings. The van der Waals surface area contributed by atoms with Crippen LogP contribution in [0.1, 0.15) is 24.9 Å². The number of hydrogen-bond acceptors (Lipinski definition) is 3. The van der Waals surface area contributed by atoms with Gasteiger partial charge in [0.25, 0.3) is 0 Å². The summed E-state index contributed by atoms with van der Waals surface area (Å²) in [7, 11) is 2.15. The second-order valence-electron chi connectivity index (χ2n) is 4.72. The van der Waals surface area contributed by atoms with Crippen LogP contribution >= 0.6 is 15.9 Å². The van der Waals surface area contributed by atoms with Crippen molar-refractivity contribution in [2.75, 3.05) is 33.3 Å². The molecule has 0 spiro atoms. The first-order valence-electron chi connectivity index (χ1n) is 6.55. The Morgan fingerprint density at radius 2 is 2.33 bits per heavy atom. The molecular weight excluding hydrogens is 292 g/mol. The number of nitrogens with one attached hydrogen (secondary N) is 1. The summed E-state index contributed by atoms with van der Waals surface area (Å²) in [5, 5.41) is 3.63. The lowest BCUT2D eigenvalue weighted by Gasteiger charge is -2.27. The molecule has 0 saturated carbocycles. The smallest absolute Gasteiger partial charge is 0.124 e. The molecule has 0 aromatic heterocycles. The Hall–Kier alpha value is -0.580. The Labute approximate surface area is 118 Å². The molecule has 0 fully saturated rings. The third-order valence-corrected chi connectivity index (χ3v) is 3.93. The summed E-state index contributed by atoms with van der Waals surface area (Å²) >= 11 is 3.53. The summed E-state index contributed by atoms with van der Waals surface area (Å²) in [6.07, 6.45) is 1.04. The first-order chi connectivity index (χ1) is 8.70. The van der Waals surface area contributed by atoms with Crippen molar-refractivity contribution < 1.29 is 4.74 Å². The lowest BCUT2D eigenvalue weighted by molar-refractivity contribution is 0.247. The van der Waals surface area contributed by atoms with Crippen LogP contribution in [0.15, 0.2) is 22.7 Å². The SMILES string of the molecule is CCN(C)CCNC1CCOc2ccc(Br)cc21. The minimum atomic E-state index is 0.413. The molecule has 1 unspecified atom stereocenters. The number of benzene rings is 1. The van der Waals surface area contributed by atoms with Gasteiger partial charge in [-0.05, 0) is 31.8 Å². The van der Waals surface area contributed by atoms with Crippen LogP contribution in [0.2, 0.25) is 0 Å². The van der Waals surface area contributed by atoms with Gasteiger partial charge in [0.2, 0.25) is 0 Å². The zero-order chi connectivity index (χ0) is 13.0. The van der Waals surface area contributed by atoms with Gasteiger partial charge in [-0.25, -0.2) is 0 Å². The number of halogens is 1. The Bertz CT molecular complexity index is 397. The van der Waals surface area contributed by atoms with E-state index in [9.17, 15) is 0 Å². The second-order valence-corrected chi connectivity index (χ2v) is 5.64. The fourth-order valence-corrected chi connectivity index (χ4v) is 2.54. The van der Waals surface area contributed by atoms with Crippen LogP contribution in [0, 0.1) is 0 Å². The van der Waals surface area contributed by atoms with Gasteiger partial charge in [0.05, 0.1) is 6.61 Å². The van der Waals surface area contributed by atoms with E-state index in [1.54, 1.807) is 0 Å². The molecule has 1 N–H and O–H groups in total. The zero-order valence-corrected chi connectivity index (χ0v) is 12.7. The molecule has 100 valence electrons. The maximum Gasteiger partial charge on any atom is 0.124 e. The Morgan fingerprint density at radius 3 is 3.11 bits per heavy atom. The highest BCUT2D eigenvalue weighted by Gasteiger charge is 2.20. The van der Waals surface area contributed by atoms with Crippen LogP contribution in [0.3, 0.4) is 0 Å². The van der Waals surface area contributed by atoms with Gasteiger partial charge in [0, 0.05) is 35.6 Å². The molecule has 3 nitrogen and oxygen atoms in total. The summed E-state index contributed by atoms with van der Waals surface area (Å²) in [4.78, 5) is 2.31. The van der Waals surface area contributed by atoms with Crippen molar-refractivity contribution in [2.24, 2.45) is 0 Å². The van der Waals surface area contributed by atoms with Crippen LogP contribution < -0.4 is 10.1 Å². The minimum absolute atomic E-state index is 0.413. The van der Waals surface area contributed by atoms with Crippen molar-refractivity contribution in [1.29, 1.82) is 0 Å². The van der Waals surface area contributed by atoms with E-state index in [0.29, 0.717) is 6.04 Å². The van der Waals surface area contributed by atoms with Crippen LogP contribution in [0.25, 0.3) is 0 Å². The number of rotatable bonds is 5. The van der Waals surface area contributed by atoms with E-state index >= 15 is 0 Å². The first-order valence-corrected chi connectivity index (χ1v) is 7.34. The van der Waals surface area contributed by atoms with Crippen molar-refractivity contribution >= 4 is 15.9 Å². The Kier molecular flexibility index (Phi) is 5.03. The van der Waals surface area contributed by atoms with Crippen LogP contribution in [-0.2, 0) is 0 Å². The quantitative estimate of drug-likeness (QED) is 0.905. The Morgan fingerprint density at radius 1 is 1.50 bits per heavy atom. The summed E-state index contributed by atoms with van der Waals surface area (Å²) in [6.45, 7) is 6.17. The molecule has 1 aliphatic heterocycles. The molecule has 2 rings (SSSR count). The van der Waals surface area contributed by atoms with Crippen molar-refractivity contribution in [3.8, 4) is 5.75 Å². The molecular formula is C14H21BrN2O. The van der Waals surface area contributed by atoms with Gasteiger partial charge < -0.3 is 15.0 Å². The summed E-state index contributed by atoms with van der Waals surface area (Å²) in [5.41, 5.74) is 1.27. The van der Waals surface area contributed by atoms with Gasteiger partial charge in [0.15, 0.2) is 0 Å². The Balaban J connectivity index is 1.97. The summed E-state index contributed by atoms with van der Waals surface area (Å²) in [6, 6.07) is 6.66. The minimum Gasteiger partial charge on any atom is -0.493 e. The lowest BCUT2D eigenvalue weighted by Crippen LogP contribution is -2.33. The lowest BCUT2D eigenvalue weighted by atomic mass is 10.0. The molecule has 0 aliphatic carbocycles. The molecule has 0 saturated heterocycles. The maximum atomic E-state index is 5.69. The van der Waals surface area contributed by atoms with Gasteiger partial charge in [-0.1, -0.05) is 22.9 Å². The average Bonchev–Trinajstić information content (AvgIpc) is 2.39. The van der Waals surface area contributed by atoms with Gasteiger partial charge in [-0.3, -0.25) is 0 Å². The molecule has 18 heavy (non-hydrogen) atoms. The van der Waals surface area contributed by atoms with E-state index < -0.39 is 0 Å². The van der Waals surface area contributed by atoms with Gasteiger partial charge in [0.1, 0.15) is 5.75 Å². The second kappa shape index (κ2) is 6.55. The molecule has 0 amide bonds. The van der Waals surface area contributed by atoms with E-state index in [1.165, 1.54) is 5.56 Å². The van der Waals surface area contributed by atoms with Crippen LogP contribution in [0.4, 0.5) is 0 Å². The number of likely N-dealkylation sites (N-methyl/N-ethyl adjacent to an activating group) is 1. The molecule has 0 radical (unpaired) electrons. The topological polar surface area (TPSA) is 24.5 Å². The van der Waals surface area contributed by atoms with E-state index in [2.05, 4.69) is 46.2 Å². The number of ether oxygens (including phenoxy) is 1. The molecule has 4 heteroatoms. The summed E-state index contributed by atoms with van der Waals surface area (Å²) < 4.78 is 6.80. The fourth-order valence-electron chi connectivity index (χ4n) is 2.17.